The molecule has 2 aliphatic rings. The highest BCUT2D eigenvalue weighted by Crippen LogP contribution is 2.30. The van der Waals surface area contributed by atoms with Gasteiger partial charge in [0.2, 0.25) is 0 Å². The Kier molecular flexibility index (Phi) is 3.92. The number of nitrogens with one attached hydrogen (secondary N) is 1. The number of nitrogens with zero attached hydrogens (tertiary/aromatic N) is 1. The normalized spacial score (nSPS) is 20.4. The molecule has 1 fully saturated rings. The van der Waals surface area contributed by atoms with Crippen molar-refractivity contribution in [1.82, 2.24) is 5.32 Å². The molecule has 3 rings (SSSR count). The zero-order chi connectivity index (χ0) is 13.1. The Morgan fingerprint density at radius 1 is 1.37 bits per heavy atom. The molecule has 0 amide bonds. The molecule has 1 saturated carbocycles. The van der Waals surface area contributed by atoms with Crippen LogP contribution in [0, 0.1) is 5.92 Å². The maximum Gasteiger partial charge on any atom is 0.142 e. The summed E-state index contributed by atoms with van der Waals surface area (Å²) in [6, 6.07) is 9.23. The van der Waals surface area contributed by atoms with Crippen LogP contribution in [-0.4, -0.2) is 32.3 Å². The third kappa shape index (κ3) is 3.41. The van der Waals surface area contributed by atoms with Crippen LogP contribution in [0.1, 0.15) is 26.2 Å². The Morgan fingerprint density at radius 3 is 3.05 bits per heavy atom. The van der Waals surface area contributed by atoms with Gasteiger partial charge in [-0.1, -0.05) is 19.1 Å². The van der Waals surface area contributed by atoms with E-state index in [0.29, 0.717) is 5.92 Å². The van der Waals surface area contributed by atoms with Gasteiger partial charge in [0.1, 0.15) is 5.75 Å². The summed E-state index contributed by atoms with van der Waals surface area (Å²) in [6.07, 6.45) is 3.84. The first-order valence-electron chi connectivity index (χ1n) is 7.53. The number of para-hydroxylation sites is 2. The van der Waals surface area contributed by atoms with Crippen molar-refractivity contribution in [2.24, 2.45) is 5.92 Å². The van der Waals surface area contributed by atoms with E-state index in [-0.39, 0.29) is 0 Å². The fraction of sp³-hybridized carbons (Fsp3) is 0.625. The minimum Gasteiger partial charge on any atom is -0.491 e. The van der Waals surface area contributed by atoms with Crippen LogP contribution >= 0.6 is 0 Å². The first kappa shape index (κ1) is 12.8. The van der Waals surface area contributed by atoms with E-state index in [4.69, 9.17) is 4.74 Å². The van der Waals surface area contributed by atoms with E-state index in [1.807, 2.05) is 0 Å². The van der Waals surface area contributed by atoms with Gasteiger partial charge in [-0.3, -0.25) is 0 Å². The molecule has 0 spiro atoms. The van der Waals surface area contributed by atoms with E-state index in [2.05, 4.69) is 41.4 Å². The first-order valence-corrected chi connectivity index (χ1v) is 7.53. The van der Waals surface area contributed by atoms with Crippen LogP contribution < -0.4 is 15.0 Å². The van der Waals surface area contributed by atoms with E-state index < -0.39 is 0 Å². The standard InChI is InChI=1S/C16H24N2O/c1-13(11-17-14-7-8-14)12-18-9-4-10-19-16-6-3-2-5-15(16)18/h2-3,5-6,13-14,17H,4,7-12H2,1H3. The maximum atomic E-state index is 5.81. The lowest BCUT2D eigenvalue weighted by atomic mass is 10.1. The van der Waals surface area contributed by atoms with Crippen LogP contribution in [0.5, 0.6) is 5.75 Å². The molecule has 3 heteroatoms. The Morgan fingerprint density at radius 2 is 2.21 bits per heavy atom. The van der Waals surface area contributed by atoms with Crippen molar-refractivity contribution in [2.45, 2.75) is 32.2 Å². The quantitative estimate of drug-likeness (QED) is 0.881. The van der Waals surface area contributed by atoms with Crippen molar-refractivity contribution in [1.29, 1.82) is 0 Å². The fourth-order valence-corrected chi connectivity index (χ4v) is 2.68. The molecule has 1 atom stereocenters. The smallest absolute Gasteiger partial charge is 0.142 e. The zero-order valence-electron chi connectivity index (χ0n) is 11.8. The lowest BCUT2D eigenvalue weighted by Crippen LogP contribution is -2.34. The third-order valence-electron chi connectivity index (χ3n) is 3.90. The Labute approximate surface area is 115 Å². The van der Waals surface area contributed by atoms with Gasteiger partial charge < -0.3 is 15.0 Å². The maximum absolute atomic E-state index is 5.81. The van der Waals surface area contributed by atoms with Gasteiger partial charge in [0.25, 0.3) is 0 Å². The van der Waals surface area contributed by atoms with Crippen molar-refractivity contribution in [3.8, 4) is 5.75 Å². The number of rotatable bonds is 5. The van der Waals surface area contributed by atoms with Gasteiger partial charge in [-0.15, -0.1) is 0 Å². The Bertz CT molecular complexity index is 417. The van der Waals surface area contributed by atoms with Gasteiger partial charge in [-0.2, -0.15) is 0 Å². The van der Waals surface area contributed by atoms with Crippen molar-refractivity contribution < 1.29 is 4.74 Å². The van der Waals surface area contributed by atoms with Gasteiger partial charge in [0.05, 0.1) is 12.3 Å². The van der Waals surface area contributed by atoms with Gasteiger partial charge in [-0.05, 0) is 43.9 Å². The van der Waals surface area contributed by atoms with Crippen molar-refractivity contribution >= 4 is 5.69 Å². The summed E-state index contributed by atoms with van der Waals surface area (Å²) in [5.74, 6) is 1.72. The molecule has 3 nitrogen and oxygen atoms in total. The monoisotopic (exact) mass is 260 g/mol. The van der Waals surface area contributed by atoms with Gasteiger partial charge in [0, 0.05) is 19.1 Å². The SMILES string of the molecule is CC(CNC1CC1)CN1CCCOc2ccccc21. The fourth-order valence-electron chi connectivity index (χ4n) is 2.68. The molecule has 0 bridgehead atoms. The Hall–Kier alpha value is -1.22. The predicted molar refractivity (Wildman–Crippen MR) is 79.0 cm³/mol. The van der Waals surface area contributed by atoms with Crippen molar-refractivity contribution in [3.63, 3.8) is 0 Å². The number of hydrogen-bond donors (Lipinski definition) is 1. The highest BCUT2D eigenvalue weighted by Gasteiger charge is 2.22. The summed E-state index contributed by atoms with van der Waals surface area (Å²) in [7, 11) is 0. The summed E-state index contributed by atoms with van der Waals surface area (Å²) >= 11 is 0. The molecule has 0 radical (unpaired) electrons. The topological polar surface area (TPSA) is 24.5 Å². The molecule has 0 aromatic heterocycles. The average Bonchev–Trinajstić information content (AvgIpc) is 3.24. The Balaban J connectivity index is 1.62. The summed E-state index contributed by atoms with van der Waals surface area (Å²) in [6.45, 7) is 6.51. The molecule has 1 aliphatic heterocycles. The molecule has 104 valence electrons. The van der Waals surface area contributed by atoms with Crippen LogP contribution in [0.15, 0.2) is 24.3 Å². The molecule has 1 heterocycles. The van der Waals surface area contributed by atoms with Crippen LogP contribution in [0.3, 0.4) is 0 Å². The minimum absolute atomic E-state index is 0.673. The third-order valence-corrected chi connectivity index (χ3v) is 3.90. The molecule has 1 unspecified atom stereocenters. The lowest BCUT2D eigenvalue weighted by molar-refractivity contribution is 0.322. The molecule has 19 heavy (non-hydrogen) atoms. The number of benzene rings is 1. The van der Waals surface area contributed by atoms with E-state index in [9.17, 15) is 0 Å². The largest absolute Gasteiger partial charge is 0.491 e. The van der Waals surface area contributed by atoms with Gasteiger partial charge >= 0.3 is 0 Å². The van der Waals surface area contributed by atoms with E-state index in [1.165, 1.54) is 18.5 Å². The molecule has 1 aromatic rings. The highest BCUT2D eigenvalue weighted by atomic mass is 16.5. The number of hydrogen-bond acceptors (Lipinski definition) is 3. The molecule has 1 aliphatic carbocycles. The average molecular weight is 260 g/mol. The first-order chi connectivity index (χ1) is 9.33. The molecule has 1 N–H and O–H groups in total. The second-order valence-electron chi connectivity index (χ2n) is 5.90. The summed E-state index contributed by atoms with van der Waals surface area (Å²) in [4.78, 5) is 2.49. The molecular formula is C16H24N2O. The second kappa shape index (κ2) is 5.83. The number of anilines is 1. The van der Waals surface area contributed by atoms with Crippen molar-refractivity contribution in [2.75, 3.05) is 31.1 Å². The zero-order valence-corrected chi connectivity index (χ0v) is 11.8. The van der Waals surface area contributed by atoms with E-state index in [1.54, 1.807) is 0 Å². The molecule has 0 saturated heterocycles. The number of fused-ring (bicyclic) bond motifs is 1. The van der Waals surface area contributed by atoms with Crippen LogP contribution in [0.4, 0.5) is 5.69 Å². The van der Waals surface area contributed by atoms with Gasteiger partial charge in [-0.25, -0.2) is 0 Å². The minimum atomic E-state index is 0.673. The molecular weight excluding hydrogens is 236 g/mol. The van der Waals surface area contributed by atoms with E-state index in [0.717, 1.165) is 44.5 Å². The lowest BCUT2D eigenvalue weighted by Gasteiger charge is -2.27. The van der Waals surface area contributed by atoms with Crippen LogP contribution in [0.25, 0.3) is 0 Å². The summed E-state index contributed by atoms with van der Waals surface area (Å²) in [5.41, 5.74) is 1.26. The predicted octanol–water partition coefficient (Wildman–Crippen LogP) is 2.66. The van der Waals surface area contributed by atoms with Crippen LogP contribution in [0.2, 0.25) is 0 Å². The van der Waals surface area contributed by atoms with E-state index >= 15 is 0 Å². The summed E-state index contributed by atoms with van der Waals surface area (Å²) < 4.78 is 5.81. The highest BCUT2D eigenvalue weighted by molar-refractivity contribution is 5.58. The second-order valence-corrected chi connectivity index (χ2v) is 5.90. The summed E-state index contributed by atoms with van der Waals surface area (Å²) in [5, 5.41) is 3.63. The number of ether oxygens (including phenoxy) is 1. The molecule has 1 aromatic carbocycles. The van der Waals surface area contributed by atoms with Crippen molar-refractivity contribution in [3.05, 3.63) is 24.3 Å². The van der Waals surface area contributed by atoms with Crippen LogP contribution in [-0.2, 0) is 0 Å². The van der Waals surface area contributed by atoms with Gasteiger partial charge in [0.15, 0.2) is 0 Å².